The van der Waals surface area contributed by atoms with Crippen LogP contribution in [0.15, 0.2) is 0 Å². The van der Waals surface area contributed by atoms with E-state index in [0.29, 0.717) is 0 Å². The van der Waals surface area contributed by atoms with Crippen LogP contribution in [0.25, 0.3) is 0 Å². The van der Waals surface area contributed by atoms with Gasteiger partial charge in [0.25, 0.3) is 0 Å². The number of aliphatic hydroxyl groups excluding tert-OH is 11. The standard InChI is InChI=1S/C18H32O16/c19-1-5-8(22)11(25)13(27)16(31-5)30-3-7-9(23)12(26)14(28)17(32-7)34-18(4-21)15(29)10(24)6(2-20)33-18/h5-17,19-29H,1-4H2/t5?,6-,7?,8+,9-,10?,11?,12?,13+,14+,15-,16+,17-,18+/m1/s1. The van der Waals surface area contributed by atoms with Crippen molar-refractivity contribution in [2.75, 3.05) is 26.4 Å². The molecule has 0 saturated carbocycles. The van der Waals surface area contributed by atoms with Crippen molar-refractivity contribution < 1.29 is 79.9 Å². The molecule has 3 fully saturated rings. The maximum atomic E-state index is 10.3. The molecular formula is C18H32O16. The third-order valence-corrected chi connectivity index (χ3v) is 6.16. The van der Waals surface area contributed by atoms with Crippen molar-refractivity contribution in [3.05, 3.63) is 0 Å². The molecule has 3 aliphatic rings. The van der Waals surface area contributed by atoms with E-state index in [1.807, 2.05) is 0 Å². The summed E-state index contributed by atoms with van der Waals surface area (Å²) in [5, 5.41) is 109. The summed E-state index contributed by atoms with van der Waals surface area (Å²) in [6.45, 7) is -3.14. The Morgan fingerprint density at radius 2 is 1.12 bits per heavy atom. The molecule has 16 heteroatoms. The summed E-state index contributed by atoms with van der Waals surface area (Å²) in [4.78, 5) is 0. The summed E-state index contributed by atoms with van der Waals surface area (Å²) in [7, 11) is 0. The lowest BCUT2D eigenvalue weighted by Gasteiger charge is -2.44. The van der Waals surface area contributed by atoms with Crippen molar-refractivity contribution in [1.29, 1.82) is 0 Å². The number of ether oxygens (including phenoxy) is 5. The normalized spacial score (nSPS) is 52.1. The molecule has 0 bridgehead atoms. The van der Waals surface area contributed by atoms with Crippen molar-refractivity contribution in [1.82, 2.24) is 0 Å². The van der Waals surface area contributed by atoms with Gasteiger partial charge in [-0.05, 0) is 0 Å². The summed E-state index contributed by atoms with van der Waals surface area (Å²) in [5.74, 6) is -2.36. The summed E-state index contributed by atoms with van der Waals surface area (Å²) >= 11 is 0. The van der Waals surface area contributed by atoms with Gasteiger partial charge >= 0.3 is 0 Å². The Hall–Kier alpha value is -0.640. The largest absolute Gasteiger partial charge is 0.394 e. The van der Waals surface area contributed by atoms with E-state index >= 15 is 0 Å². The second kappa shape index (κ2) is 11.2. The Balaban J connectivity index is 1.69. The minimum Gasteiger partial charge on any atom is -0.394 e. The van der Waals surface area contributed by atoms with Gasteiger partial charge in [0.2, 0.25) is 5.79 Å². The van der Waals surface area contributed by atoms with Gasteiger partial charge in [0.15, 0.2) is 12.6 Å². The van der Waals surface area contributed by atoms with E-state index in [2.05, 4.69) is 0 Å². The van der Waals surface area contributed by atoms with Crippen molar-refractivity contribution >= 4 is 0 Å². The van der Waals surface area contributed by atoms with Gasteiger partial charge in [-0.1, -0.05) is 0 Å². The second-order valence-corrected chi connectivity index (χ2v) is 8.41. The minimum atomic E-state index is -2.36. The van der Waals surface area contributed by atoms with Crippen LogP contribution in [0.2, 0.25) is 0 Å². The van der Waals surface area contributed by atoms with Crippen LogP contribution in [-0.4, -0.2) is 168 Å². The highest BCUT2D eigenvalue weighted by Gasteiger charge is 2.58. The molecule has 0 amide bonds. The van der Waals surface area contributed by atoms with Crippen LogP contribution in [0.1, 0.15) is 0 Å². The van der Waals surface area contributed by atoms with Gasteiger partial charge in [-0.15, -0.1) is 0 Å². The van der Waals surface area contributed by atoms with E-state index in [-0.39, 0.29) is 0 Å². The van der Waals surface area contributed by atoms with E-state index in [1.165, 1.54) is 0 Å². The van der Waals surface area contributed by atoms with Gasteiger partial charge in [0.05, 0.1) is 19.8 Å². The molecule has 0 aromatic rings. The van der Waals surface area contributed by atoms with E-state index in [9.17, 15) is 56.2 Å². The maximum Gasteiger partial charge on any atom is 0.224 e. The quantitative estimate of drug-likeness (QED) is 0.146. The van der Waals surface area contributed by atoms with Crippen molar-refractivity contribution in [2.45, 2.75) is 85.5 Å². The van der Waals surface area contributed by atoms with E-state index in [0.717, 1.165) is 0 Å². The SMILES string of the molecule is OCC1O[C@H](OCC2O[C@H](O[C@]3(CO)O[C@H](CO)C(O)[C@H]3O)[C@@H](O)C(O)[C@@H]2O)[C@@H](O)C(O)[C@H]1O. The van der Waals surface area contributed by atoms with Crippen LogP contribution in [0.5, 0.6) is 0 Å². The molecule has 3 aliphatic heterocycles. The lowest BCUT2D eigenvalue weighted by atomic mass is 9.98. The third kappa shape index (κ3) is 5.09. The van der Waals surface area contributed by atoms with Crippen LogP contribution >= 0.6 is 0 Å². The highest BCUT2D eigenvalue weighted by atomic mass is 16.8. The Bertz CT molecular complexity index is 653. The first-order valence-electron chi connectivity index (χ1n) is 10.6. The van der Waals surface area contributed by atoms with Gasteiger partial charge in [0, 0.05) is 0 Å². The topological polar surface area (TPSA) is 269 Å². The molecular weight excluding hydrogens is 472 g/mol. The zero-order chi connectivity index (χ0) is 25.4. The molecule has 0 aromatic heterocycles. The zero-order valence-electron chi connectivity index (χ0n) is 17.8. The van der Waals surface area contributed by atoms with Gasteiger partial charge in [-0.25, -0.2) is 0 Å². The summed E-state index contributed by atoms with van der Waals surface area (Å²) in [6, 6.07) is 0. The fourth-order valence-corrected chi connectivity index (χ4v) is 4.01. The summed E-state index contributed by atoms with van der Waals surface area (Å²) in [5.41, 5.74) is 0. The Kier molecular flexibility index (Phi) is 9.18. The lowest BCUT2D eigenvalue weighted by molar-refractivity contribution is -0.388. The number of aliphatic hydroxyl groups is 11. The van der Waals surface area contributed by atoms with Crippen LogP contribution in [0.4, 0.5) is 0 Å². The molecule has 3 rings (SSSR count). The summed E-state index contributed by atoms with van der Waals surface area (Å²) in [6.07, 6.45) is -21.8. The molecule has 5 unspecified atom stereocenters. The predicted octanol–water partition coefficient (Wildman–Crippen LogP) is -7.57. The first kappa shape index (κ1) is 27.9. The molecule has 0 spiro atoms. The third-order valence-electron chi connectivity index (χ3n) is 6.16. The molecule has 0 aromatic carbocycles. The average molecular weight is 504 g/mol. The number of hydrogen-bond donors (Lipinski definition) is 11. The Morgan fingerprint density at radius 3 is 1.65 bits per heavy atom. The Morgan fingerprint density at radius 1 is 0.588 bits per heavy atom. The van der Waals surface area contributed by atoms with Crippen LogP contribution in [-0.2, 0) is 23.7 Å². The van der Waals surface area contributed by atoms with Crippen molar-refractivity contribution in [2.24, 2.45) is 0 Å². The average Bonchev–Trinajstić information content (AvgIpc) is 3.08. The monoisotopic (exact) mass is 504 g/mol. The highest BCUT2D eigenvalue weighted by Crippen LogP contribution is 2.36. The van der Waals surface area contributed by atoms with Gasteiger partial charge in [-0.3, -0.25) is 0 Å². The van der Waals surface area contributed by atoms with E-state index in [1.54, 1.807) is 0 Å². The fraction of sp³-hybridized carbons (Fsp3) is 1.00. The fourth-order valence-electron chi connectivity index (χ4n) is 4.01. The first-order valence-corrected chi connectivity index (χ1v) is 10.6. The highest BCUT2D eigenvalue weighted by molar-refractivity contribution is 4.98. The van der Waals surface area contributed by atoms with Crippen LogP contribution < -0.4 is 0 Å². The van der Waals surface area contributed by atoms with Crippen LogP contribution in [0.3, 0.4) is 0 Å². The molecule has 34 heavy (non-hydrogen) atoms. The maximum absolute atomic E-state index is 10.3. The van der Waals surface area contributed by atoms with Gasteiger partial charge in [-0.2, -0.15) is 0 Å². The molecule has 200 valence electrons. The zero-order valence-corrected chi connectivity index (χ0v) is 17.8. The van der Waals surface area contributed by atoms with Crippen LogP contribution in [0, 0.1) is 0 Å². The predicted molar refractivity (Wildman–Crippen MR) is 101 cm³/mol. The second-order valence-electron chi connectivity index (χ2n) is 8.41. The van der Waals surface area contributed by atoms with Crippen molar-refractivity contribution in [3.8, 4) is 0 Å². The van der Waals surface area contributed by atoms with E-state index in [4.69, 9.17) is 23.7 Å². The molecule has 14 atom stereocenters. The Labute approximate surface area is 192 Å². The number of hydrogen-bond acceptors (Lipinski definition) is 16. The van der Waals surface area contributed by atoms with Gasteiger partial charge in [0.1, 0.15) is 73.8 Å². The minimum absolute atomic E-state index is 0.634. The first-order chi connectivity index (χ1) is 16.0. The molecule has 0 radical (unpaired) electrons. The smallest absolute Gasteiger partial charge is 0.224 e. The molecule has 16 nitrogen and oxygen atoms in total. The van der Waals surface area contributed by atoms with Gasteiger partial charge < -0.3 is 79.9 Å². The van der Waals surface area contributed by atoms with E-state index < -0.39 is 112 Å². The molecule has 3 heterocycles. The molecule has 0 aliphatic carbocycles. The number of rotatable bonds is 8. The molecule has 3 saturated heterocycles. The van der Waals surface area contributed by atoms with Crippen molar-refractivity contribution in [3.63, 3.8) is 0 Å². The lowest BCUT2D eigenvalue weighted by Crippen LogP contribution is -2.63. The summed E-state index contributed by atoms with van der Waals surface area (Å²) < 4.78 is 26.4. The molecule has 11 N–H and O–H groups in total.